The first-order valence-corrected chi connectivity index (χ1v) is 11.4. The van der Waals surface area contributed by atoms with Crippen molar-refractivity contribution in [1.82, 2.24) is 5.32 Å². The standard InChI is InChI=1S/C26H32F3N3O3/c1-23(2,18-11-7-8-12-19(18)31-22(34)30-5)14-25(35,26(27,28)29)16-32-15-24(3,4)21(33)17-10-6-9-13-20(17)32/h6-13,35H,14-16H2,1-5H3,(H2,30,31,34). The first kappa shape index (κ1) is 26.5. The van der Waals surface area contributed by atoms with Gasteiger partial charge in [-0.1, -0.05) is 58.0 Å². The largest absolute Gasteiger partial charge is 0.418 e. The summed E-state index contributed by atoms with van der Waals surface area (Å²) in [5.74, 6) is -0.144. The fourth-order valence-electron chi connectivity index (χ4n) is 4.84. The molecule has 1 heterocycles. The van der Waals surface area contributed by atoms with Crippen LogP contribution >= 0.6 is 0 Å². The number of fused-ring (bicyclic) bond motifs is 1. The first-order chi connectivity index (χ1) is 16.1. The van der Waals surface area contributed by atoms with Crippen molar-refractivity contribution in [2.75, 3.05) is 30.4 Å². The summed E-state index contributed by atoms with van der Waals surface area (Å²) in [6.45, 7) is 5.89. The Hall–Kier alpha value is -3.07. The van der Waals surface area contributed by atoms with E-state index < -0.39 is 41.6 Å². The van der Waals surface area contributed by atoms with Crippen LogP contribution in [0.25, 0.3) is 0 Å². The van der Waals surface area contributed by atoms with E-state index in [0.717, 1.165) is 0 Å². The molecule has 35 heavy (non-hydrogen) atoms. The summed E-state index contributed by atoms with van der Waals surface area (Å²) in [5.41, 5.74) is -3.66. The molecule has 1 unspecified atom stereocenters. The maximum absolute atomic E-state index is 14.5. The molecule has 3 rings (SSSR count). The Kier molecular flexibility index (Phi) is 6.96. The van der Waals surface area contributed by atoms with Gasteiger partial charge in [-0.2, -0.15) is 13.2 Å². The van der Waals surface area contributed by atoms with Gasteiger partial charge in [-0.15, -0.1) is 0 Å². The molecule has 0 fully saturated rings. The van der Waals surface area contributed by atoms with Gasteiger partial charge in [0.25, 0.3) is 0 Å². The summed E-state index contributed by atoms with van der Waals surface area (Å²) in [6.07, 6.45) is -5.61. The number of aliphatic hydroxyl groups is 1. The van der Waals surface area contributed by atoms with Crippen molar-refractivity contribution in [2.24, 2.45) is 5.41 Å². The van der Waals surface area contributed by atoms with Crippen LogP contribution in [0.4, 0.5) is 29.3 Å². The minimum Gasteiger partial charge on any atom is -0.379 e. The van der Waals surface area contributed by atoms with Gasteiger partial charge in [0.2, 0.25) is 0 Å². The summed E-state index contributed by atoms with van der Waals surface area (Å²) >= 11 is 0. The molecule has 0 saturated carbocycles. The summed E-state index contributed by atoms with van der Waals surface area (Å²) in [7, 11) is 1.44. The van der Waals surface area contributed by atoms with Crippen molar-refractivity contribution in [3.8, 4) is 0 Å². The number of nitrogens with one attached hydrogen (secondary N) is 2. The van der Waals surface area contributed by atoms with Crippen molar-refractivity contribution in [3.63, 3.8) is 0 Å². The van der Waals surface area contributed by atoms with Crippen LogP contribution in [-0.2, 0) is 5.41 Å². The molecule has 0 aromatic heterocycles. The Morgan fingerprint density at radius 2 is 1.69 bits per heavy atom. The highest BCUT2D eigenvalue weighted by atomic mass is 19.4. The van der Waals surface area contributed by atoms with E-state index in [2.05, 4.69) is 10.6 Å². The molecule has 0 bridgehead atoms. The molecular weight excluding hydrogens is 459 g/mol. The lowest BCUT2D eigenvalue weighted by atomic mass is 9.73. The van der Waals surface area contributed by atoms with Crippen LogP contribution in [0, 0.1) is 5.41 Å². The smallest absolute Gasteiger partial charge is 0.379 e. The highest BCUT2D eigenvalue weighted by Gasteiger charge is 2.57. The third-order valence-corrected chi connectivity index (χ3v) is 6.54. The molecule has 0 saturated heterocycles. The number of urea groups is 1. The van der Waals surface area contributed by atoms with Gasteiger partial charge in [0, 0.05) is 35.9 Å². The third kappa shape index (κ3) is 5.29. The zero-order valence-corrected chi connectivity index (χ0v) is 20.6. The van der Waals surface area contributed by atoms with Crippen LogP contribution in [0.3, 0.4) is 0 Å². The zero-order chi connectivity index (χ0) is 26.2. The summed E-state index contributed by atoms with van der Waals surface area (Å²) < 4.78 is 43.5. The normalized spacial score (nSPS) is 17.4. The highest BCUT2D eigenvalue weighted by molar-refractivity contribution is 6.06. The molecule has 2 amide bonds. The SMILES string of the molecule is CNC(=O)Nc1ccccc1C(C)(C)CC(O)(CN1CC(C)(C)C(=O)c2ccccc21)C(F)(F)F. The van der Waals surface area contributed by atoms with Gasteiger partial charge in [0.15, 0.2) is 11.4 Å². The number of halogens is 3. The molecule has 1 atom stereocenters. The molecule has 0 spiro atoms. The molecule has 0 aliphatic carbocycles. The number of amides is 2. The maximum Gasteiger partial charge on any atom is 0.418 e. The number of ketones is 1. The van der Waals surface area contributed by atoms with Gasteiger partial charge < -0.3 is 20.6 Å². The number of nitrogens with zero attached hydrogens (tertiary/aromatic N) is 1. The van der Waals surface area contributed by atoms with Gasteiger partial charge >= 0.3 is 12.2 Å². The minimum absolute atomic E-state index is 0.0382. The Morgan fingerprint density at radius 3 is 2.31 bits per heavy atom. The molecule has 0 radical (unpaired) electrons. The van der Waals surface area contributed by atoms with Crippen LogP contribution in [0.15, 0.2) is 48.5 Å². The van der Waals surface area contributed by atoms with E-state index in [0.29, 0.717) is 22.5 Å². The quantitative estimate of drug-likeness (QED) is 0.524. The van der Waals surface area contributed by atoms with Gasteiger partial charge in [0.1, 0.15) is 0 Å². The Bertz CT molecular complexity index is 1110. The van der Waals surface area contributed by atoms with Gasteiger partial charge in [-0.05, 0) is 35.6 Å². The second-order valence-corrected chi connectivity index (χ2v) is 10.4. The van der Waals surface area contributed by atoms with E-state index in [9.17, 15) is 27.9 Å². The van der Waals surface area contributed by atoms with E-state index in [1.807, 2.05) is 0 Å². The number of hydrogen-bond donors (Lipinski definition) is 3. The number of Topliss-reactive ketones (excluding diaryl/α,β-unsaturated/α-hetero) is 1. The molecular formula is C26H32F3N3O3. The number of hydrogen-bond acceptors (Lipinski definition) is 4. The number of para-hydroxylation sites is 2. The predicted octanol–water partition coefficient (Wildman–Crippen LogP) is 5.13. The lowest BCUT2D eigenvalue weighted by molar-refractivity contribution is -0.262. The topological polar surface area (TPSA) is 81.7 Å². The Labute approximate surface area is 203 Å². The molecule has 1 aliphatic heterocycles. The van der Waals surface area contributed by atoms with Crippen LogP contribution in [0.5, 0.6) is 0 Å². The first-order valence-electron chi connectivity index (χ1n) is 11.4. The predicted molar refractivity (Wildman–Crippen MR) is 130 cm³/mol. The van der Waals surface area contributed by atoms with E-state index in [-0.39, 0.29) is 12.3 Å². The fraction of sp³-hybridized carbons (Fsp3) is 0.462. The second kappa shape index (κ2) is 9.18. The summed E-state index contributed by atoms with van der Waals surface area (Å²) in [4.78, 5) is 26.2. The number of rotatable bonds is 6. The molecule has 9 heteroatoms. The lowest BCUT2D eigenvalue weighted by Crippen LogP contribution is -2.59. The minimum atomic E-state index is -4.95. The molecule has 3 N–H and O–H groups in total. The van der Waals surface area contributed by atoms with Crippen LogP contribution < -0.4 is 15.5 Å². The van der Waals surface area contributed by atoms with Gasteiger partial charge in [0.05, 0.1) is 6.54 Å². The van der Waals surface area contributed by atoms with E-state index in [1.54, 1.807) is 76.2 Å². The van der Waals surface area contributed by atoms with Crippen molar-refractivity contribution in [3.05, 3.63) is 59.7 Å². The molecule has 1 aliphatic rings. The zero-order valence-electron chi connectivity index (χ0n) is 20.6. The molecule has 2 aromatic rings. The van der Waals surface area contributed by atoms with E-state index in [1.165, 1.54) is 11.9 Å². The van der Waals surface area contributed by atoms with Crippen LogP contribution in [-0.4, -0.2) is 48.8 Å². The van der Waals surface area contributed by atoms with E-state index >= 15 is 0 Å². The van der Waals surface area contributed by atoms with Crippen molar-refractivity contribution in [1.29, 1.82) is 0 Å². The number of carbonyl (C=O) groups is 2. The second-order valence-electron chi connectivity index (χ2n) is 10.4. The average molecular weight is 492 g/mol. The van der Waals surface area contributed by atoms with Gasteiger partial charge in [-0.3, -0.25) is 4.79 Å². The van der Waals surface area contributed by atoms with Crippen LogP contribution in [0.1, 0.15) is 50.0 Å². The van der Waals surface area contributed by atoms with E-state index in [4.69, 9.17) is 0 Å². The van der Waals surface area contributed by atoms with Crippen molar-refractivity contribution >= 4 is 23.2 Å². The third-order valence-electron chi connectivity index (χ3n) is 6.54. The molecule has 6 nitrogen and oxygen atoms in total. The Balaban J connectivity index is 2.01. The average Bonchev–Trinajstić information content (AvgIpc) is 2.76. The number of carbonyl (C=O) groups excluding carboxylic acids is 2. The van der Waals surface area contributed by atoms with Crippen molar-refractivity contribution in [2.45, 2.75) is 51.3 Å². The fourth-order valence-corrected chi connectivity index (χ4v) is 4.84. The monoisotopic (exact) mass is 491 g/mol. The lowest BCUT2D eigenvalue weighted by Gasteiger charge is -2.45. The number of anilines is 2. The molecule has 190 valence electrons. The Morgan fingerprint density at radius 1 is 1.09 bits per heavy atom. The molecule has 2 aromatic carbocycles. The number of β-amino-alcohol motifs (C(OH)–C–C–N with tert-alkyl or cyclic N) is 1. The van der Waals surface area contributed by atoms with Gasteiger partial charge in [-0.25, -0.2) is 4.79 Å². The highest BCUT2D eigenvalue weighted by Crippen LogP contribution is 2.45. The number of alkyl halides is 3. The maximum atomic E-state index is 14.5. The summed E-state index contributed by atoms with van der Waals surface area (Å²) in [6, 6.07) is 12.6. The summed E-state index contributed by atoms with van der Waals surface area (Å²) in [5, 5.41) is 16.3. The number of benzene rings is 2. The van der Waals surface area contributed by atoms with Crippen molar-refractivity contribution < 1.29 is 27.9 Å². The van der Waals surface area contributed by atoms with Crippen LogP contribution in [0.2, 0.25) is 0 Å².